The minimum absolute atomic E-state index is 0.114. The Kier molecular flexibility index (Phi) is 11.4. The number of primary amides is 1. The second kappa shape index (κ2) is 15.9. The summed E-state index contributed by atoms with van der Waals surface area (Å²) in [6.07, 6.45) is 6.35. The van der Waals surface area contributed by atoms with Crippen molar-refractivity contribution in [3.05, 3.63) is 70.2 Å². The zero-order valence-corrected chi connectivity index (χ0v) is 27.5. The SMILES string of the molecule is COc1nc(-c2cccc(-c3cccc(-c4cnc(CNCCOC(N)=O)c(OC)n4)c3Cl)c2Cl)cnc1CCC[C@@H]1CCC(=O)N1. The van der Waals surface area contributed by atoms with Gasteiger partial charge in [-0.05, 0) is 25.7 Å². The highest BCUT2D eigenvalue weighted by molar-refractivity contribution is 6.39. The van der Waals surface area contributed by atoms with Gasteiger partial charge in [0.25, 0.3) is 0 Å². The number of ether oxygens (including phenoxy) is 3. The quantitative estimate of drug-likeness (QED) is 0.147. The Labute approximate surface area is 282 Å². The van der Waals surface area contributed by atoms with E-state index in [1.807, 2.05) is 36.4 Å². The van der Waals surface area contributed by atoms with Crippen LogP contribution in [0.4, 0.5) is 4.79 Å². The number of hydrogen-bond acceptors (Lipinski definition) is 10. The van der Waals surface area contributed by atoms with E-state index in [9.17, 15) is 9.59 Å². The molecule has 0 saturated carbocycles. The summed E-state index contributed by atoms with van der Waals surface area (Å²) in [7, 11) is 3.08. The van der Waals surface area contributed by atoms with E-state index in [0.717, 1.165) is 25.0 Å². The van der Waals surface area contributed by atoms with Gasteiger partial charge in [-0.25, -0.2) is 14.8 Å². The number of rotatable bonds is 14. The van der Waals surface area contributed by atoms with Crippen LogP contribution < -0.4 is 25.8 Å². The van der Waals surface area contributed by atoms with Gasteiger partial charge < -0.3 is 30.6 Å². The number of halogens is 2. The molecule has 0 bridgehead atoms. The first-order chi connectivity index (χ1) is 22.8. The van der Waals surface area contributed by atoms with Crippen molar-refractivity contribution in [1.82, 2.24) is 30.6 Å². The fraction of sp³-hybridized carbons (Fsp3) is 0.333. The van der Waals surface area contributed by atoms with Crippen LogP contribution >= 0.6 is 23.2 Å². The van der Waals surface area contributed by atoms with Crippen LogP contribution in [0.1, 0.15) is 37.1 Å². The van der Waals surface area contributed by atoms with Crippen molar-refractivity contribution in [1.29, 1.82) is 0 Å². The lowest BCUT2D eigenvalue weighted by Gasteiger charge is -2.15. The molecule has 47 heavy (non-hydrogen) atoms. The van der Waals surface area contributed by atoms with Crippen molar-refractivity contribution in [3.8, 4) is 45.4 Å². The van der Waals surface area contributed by atoms with Crippen LogP contribution in [-0.2, 0) is 22.5 Å². The van der Waals surface area contributed by atoms with Gasteiger partial charge >= 0.3 is 6.09 Å². The standard InChI is InChI=1S/C33H35Cl2N7O5/c1-45-31-24(11-3-6-19-12-13-28(43)40-19)38-17-25(41-31)22-9-4-7-20(29(22)34)21-8-5-10-23(30(21)35)26-18-39-27(32(42-26)46-2)16-37-14-15-47-33(36)44/h4-5,7-10,17-19,37H,3,6,11-16H2,1-2H3,(H2,36,44)(H,40,43)/t19-/m1/s1. The molecule has 246 valence electrons. The summed E-state index contributed by atoms with van der Waals surface area (Å²) in [6.45, 7) is 0.849. The van der Waals surface area contributed by atoms with Gasteiger partial charge in [-0.15, -0.1) is 0 Å². The number of carbonyl (C=O) groups is 2. The largest absolute Gasteiger partial charge is 0.480 e. The molecule has 2 aromatic heterocycles. The van der Waals surface area contributed by atoms with E-state index in [1.54, 1.807) is 19.5 Å². The van der Waals surface area contributed by atoms with Crippen LogP contribution in [0.3, 0.4) is 0 Å². The maximum absolute atomic E-state index is 11.5. The Morgan fingerprint density at radius 1 is 0.936 bits per heavy atom. The Balaban J connectivity index is 1.35. The second-order valence-electron chi connectivity index (χ2n) is 10.8. The number of hydrogen-bond donors (Lipinski definition) is 3. The number of aryl methyl sites for hydroxylation is 1. The first-order valence-electron chi connectivity index (χ1n) is 15.1. The third kappa shape index (κ3) is 8.26. The summed E-state index contributed by atoms with van der Waals surface area (Å²) in [4.78, 5) is 40.8. The molecule has 1 saturated heterocycles. The van der Waals surface area contributed by atoms with Crippen molar-refractivity contribution in [2.24, 2.45) is 5.73 Å². The lowest BCUT2D eigenvalue weighted by Crippen LogP contribution is -2.25. The van der Waals surface area contributed by atoms with Crippen molar-refractivity contribution in [3.63, 3.8) is 0 Å². The van der Waals surface area contributed by atoms with Gasteiger partial charge in [0.1, 0.15) is 18.0 Å². The third-order valence-corrected chi connectivity index (χ3v) is 8.53. The molecule has 2 aromatic carbocycles. The fourth-order valence-corrected chi connectivity index (χ4v) is 6.04. The molecule has 4 N–H and O–H groups in total. The molecule has 0 unspecified atom stereocenters. The summed E-state index contributed by atoms with van der Waals surface area (Å²) in [5.74, 6) is 0.876. The number of methoxy groups -OCH3 is 2. The van der Waals surface area contributed by atoms with Crippen molar-refractivity contribution in [2.75, 3.05) is 27.4 Å². The maximum atomic E-state index is 11.5. The molecule has 5 rings (SSSR count). The number of nitrogens with zero attached hydrogens (tertiary/aromatic N) is 4. The van der Waals surface area contributed by atoms with Crippen LogP contribution in [0.2, 0.25) is 10.0 Å². The van der Waals surface area contributed by atoms with E-state index in [4.69, 9.17) is 48.1 Å². The third-order valence-electron chi connectivity index (χ3n) is 7.72. The van der Waals surface area contributed by atoms with E-state index in [2.05, 4.69) is 25.6 Å². The normalized spacial score (nSPS) is 14.1. The second-order valence-corrected chi connectivity index (χ2v) is 11.6. The lowest BCUT2D eigenvalue weighted by molar-refractivity contribution is -0.119. The average molecular weight is 681 g/mol. The molecular weight excluding hydrogens is 645 g/mol. The minimum atomic E-state index is -0.830. The number of nitrogens with two attached hydrogens (primary N) is 1. The summed E-state index contributed by atoms with van der Waals surface area (Å²) in [5, 5.41) is 7.00. The fourth-order valence-electron chi connectivity index (χ4n) is 5.39. The molecule has 1 aliphatic heterocycles. The van der Waals surface area contributed by atoms with Gasteiger partial charge in [-0.3, -0.25) is 14.8 Å². The summed E-state index contributed by atoms with van der Waals surface area (Å²) in [6, 6.07) is 11.5. The summed E-state index contributed by atoms with van der Waals surface area (Å²) < 4.78 is 15.8. The molecule has 0 spiro atoms. The summed E-state index contributed by atoms with van der Waals surface area (Å²) >= 11 is 14.0. The number of benzene rings is 2. The van der Waals surface area contributed by atoms with Crippen LogP contribution in [-0.4, -0.2) is 65.3 Å². The van der Waals surface area contributed by atoms with Crippen LogP contribution in [0.25, 0.3) is 33.6 Å². The maximum Gasteiger partial charge on any atom is 0.404 e. The molecular formula is C33H35Cl2N7O5. The van der Waals surface area contributed by atoms with Gasteiger partial charge in [0.05, 0.1) is 48.0 Å². The highest BCUT2D eigenvalue weighted by Gasteiger charge is 2.22. The van der Waals surface area contributed by atoms with Gasteiger partial charge in [0, 0.05) is 47.8 Å². The smallest absolute Gasteiger partial charge is 0.404 e. The van der Waals surface area contributed by atoms with Crippen molar-refractivity contribution in [2.45, 2.75) is 44.7 Å². The van der Waals surface area contributed by atoms with Crippen LogP contribution in [0.5, 0.6) is 11.8 Å². The van der Waals surface area contributed by atoms with Crippen molar-refractivity contribution < 1.29 is 23.8 Å². The van der Waals surface area contributed by atoms with Gasteiger partial charge in [-0.2, -0.15) is 0 Å². The molecule has 0 aliphatic carbocycles. The highest BCUT2D eigenvalue weighted by atomic mass is 35.5. The van der Waals surface area contributed by atoms with Gasteiger partial charge in [0.2, 0.25) is 17.7 Å². The predicted octanol–water partition coefficient (Wildman–Crippen LogP) is 5.38. The topological polar surface area (TPSA) is 163 Å². The number of nitrogens with one attached hydrogen (secondary N) is 2. The minimum Gasteiger partial charge on any atom is -0.480 e. The number of carbonyl (C=O) groups excluding carboxylic acids is 2. The first kappa shape index (κ1) is 33.8. The predicted molar refractivity (Wildman–Crippen MR) is 178 cm³/mol. The zero-order valence-electron chi connectivity index (χ0n) is 26.0. The van der Waals surface area contributed by atoms with E-state index >= 15 is 0 Å². The molecule has 1 atom stereocenters. The van der Waals surface area contributed by atoms with Crippen LogP contribution in [0.15, 0.2) is 48.8 Å². The first-order valence-corrected chi connectivity index (χ1v) is 15.8. The number of aromatic nitrogens is 4. The molecule has 1 aliphatic rings. The molecule has 4 aromatic rings. The molecule has 12 nitrogen and oxygen atoms in total. The van der Waals surface area contributed by atoms with Gasteiger partial charge in [0.15, 0.2) is 0 Å². The van der Waals surface area contributed by atoms with Crippen LogP contribution in [0, 0.1) is 0 Å². The van der Waals surface area contributed by atoms with Crippen molar-refractivity contribution >= 4 is 35.2 Å². The van der Waals surface area contributed by atoms with Gasteiger partial charge in [-0.1, -0.05) is 59.6 Å². The molecule has 14 heteroatoms. The highest BCUT2D eigenvalue weighted by Crippen LogP contribution is 2.42. The molecule has 1 fully saturated rings. The van der Waals surface area contributed by atoms with E-state index in [1.165, 1.54) is 7.11 Å². The monoisotopic (exact) mass is 679 g/mol. The van der Waals surface area contributed by atoms with E-state index in [0.29, 0.717) is 87.1 Å². The number of amides is 2. The Bertz CT molecular complexity index is 1760. The molecule has 2 amide bonds. The average Bonchev–Trinajstić information content (AvgIpc) is 3.49. The Morgan fingerprint density at radius 3 is 2.06 bits per heavy atom. The zero-order chi connectivity index (χ0) is 33.3. The molecule has 3 heterocycles. The molecule has 0 radical (unpaired) electrons. The van der Waals surface area contributed by atoms with E-state index in [-0.39, 0.29) is 18.6 Å². The van der Waals surface area contributed by atoms with E-state index < -0.39 is 6.09 Å². The Morgan fingerprint density at radius 2 is 1.51 bits per heavy atom. The lowest BCUT2D eigenvalue weighted by atomic mass is 9.98. The summed E-state index contributed by atoms with van der Waals surface area (Å²) in [5.41, 5.74) is 10.1. The Hall–Kier alpha value is -4.52.